The normalized spacial score (nSPS) is 17.9. The molecule has 4 aromatic rings. The van der Waals surface area contributed by atoms with Crippen molar-refractivity contribution in [1.29, 1.82) is 0 Å². The van der Waals surface area contributed by atoms with Crippen LogP contribution in [0.4, 0.5) is 10.1 Å². The van der Waals surface area contributed by atoms with E-state index < -0.39 is 0 Å². The fraction of sp³-hybridized carbons (Fsp3) is 0.516. The maximum absolute atomic E-state index is 16.9. The third kappa shape index (κ3) is 4.47. The second-order valence-corrected chi connectivity index (χ2v) is 11.7. The molecule has 4 heterocycles. The maximum Gasteiger partial charge on any atom is 0.199 e. The number of H-pyrrole nitrogens is 1. The highest BCUT2D eigenvalue weighted by atomic mass is 19.1. The lowest BCUT2D eigenvalue weighted by Gasteiger charge is -2.41. The molecule has 1 N–H and O–H groups in total. The van der Waals surface area contributed by atoms with Crippen molar-refractivity contribution in [3.8, 4) is 5.75 Å². The molecule has 0 amide bonds. The van der Waals surface area contributed by atoms with Gasteiger partial charge in [-0.15, -0.1) is 0 Å². The topological polar surface area (TPSA) is 62.7 Å². The number of nitrogens with zero attached hydrogens (tertiary/aromatic N) is 3. The predicted octanol–water partition coefficient (Wildman–Crippen LogP) is 5.75. The summed E-state index contributed by atoms with van der Waals surface area (Å²) < 4.78 is 30.7. The Hall–Kier alpha value is -3.10. The minimum atomic E-state index is -0.379. The molecule has 0 unspecified atom stereocenters. The number of aromatic nitrogens is 2. The van der Waals surface area contributed by atoms with Crippen LogP contribution < -0.4 is 15.1 Å². The standard InChI is InChI=1S/C31H39FN4O3/c1-18(2)36-28-23(30(37)26-22-7-6-20(5)16-24(22)33-31(26)36)17-25(39-19(3)4)29(27(28)32)35-10-8-21(9-11-35)34-12-14-38-15-13-34/h6-7,16-19,21,33H,8-15H2,1-5H3. The summed E-state index contributed by atoms with van der Waals surface area (Å²) in [6.07, 6.45) is 1.75. The predicted molar refractivity (Wildman–Crippen MR) is 156 cm³/mol. The van der Waals surface area contributed by atoms with Gasteiger partial charge in [0.2, 0.25) is 0 Å². The van der Waals surface area contributed by atoms with Crippen molar-refractivity contribution in [2.45, 2.75) is 65.6 Å². The van der Waals surface area contributed by atoms with Gasteiger partial charge in [-0.3, -0.25) is 9.69 Å². The summed E-state index contributed by atoms with van der Waals surface area (Å²) in [6, 6.07) is 8.22. The SMILES string of the molecule is Cc1ccc2c(c1)[nH]c1c2c(=O)c2cc(OC(C)C)c(N3CCC(N4CCOCC4)CC3)c(F)c2n1C(C)C. The van der Waals surface area contributed by atoms with Gasteiger partial charge in [0.05, 0.1) is 35.6 Å². The van der Waals surface area contributed by atoms with Crippen LogP contribution >= 0.6 is 0 Å². The van der Waals surface area contributed by atoms with Crippen molar-refractivity contribution in [1.82, 2.24) is 14.5 Å². The van der Waals surface area contributed by atoms with E-state index in [1.54, 1.807) is 6.07 Å². The molecule has 0 atom stereocenters. The van der Waals surface area contributed by atoms with E-state index in [-0.39, 0.29) is 23.4 Å². The summed E-state index contributed by atoms with van der Waals surface area (Å²) in [5, 5.41) is 1.82. The molecule has 2 fully saturated rings. The van der Waals surface area contributed by atoms with E-state index in [1.165, 1.54) is 0 Å². The molecule has 0 aliphatic carbocycles. The van der Waals surface area contributed by atoms with Gasteiger partial charge in [0.15, 0.2) is 11.2 Å². The number of aromatic amines is 1. The molecule has 6 rings (SSSR count). The average Bonchev–Trinajstić information content (AvgIpc) is 3.28. The molecule has 8 heteroatoms. The lowest BCUT2D eigenvalue weighted by molar-refractivity contribution is 0.0114. The maximum atomic E-state index is 16.9. The summed E-state index contributed by atoms with van der Waals surface area (Å²) >= 11 is 0. The van der Waals surface area contributed by atoms with Gasteiger partial charge >= 0.3 is 0 Å². The summed E-state index contributed by atoms with van der Waals surface area (Å²) in [5.74, 6) is 0.0674. The van der Waals surface area contributed by atoms with Crippen molar-refractivity contribution in [2.24, 2.45) is 0 Å². The van der Waals surface area contributed by atoms with Gasteiger partial charge in [-0.05, 0) is 65.2 Å². The molecular weight excluding hydrogens is 495 g/mol. The van der Waals surface area contributed by atoms with Crippen LogP contribution in [-0.2, 0) is 4.74 Å². The zero-order valence-corrected chi connectivity index (χ0v) is 23.6. The van der Waals surface area contributed by atoms with Gasteiger partial charge in [0.25, 0.3) is 0 Å². The molecule has 0 bridgehead atoms. The molecule has 2 saturated heterocycles. The molecule has 208 valence electrons. The zero-order valence-electron chi connectivity index (χ0n) is 23.6. The number of morpholine rings is 1. The van der Waals surface area contributed by atoms with Crippen LogP contribution in [-0.4, -0.2) is 66.0 Å². The number of hydrogen-bond acceptors (Lipinski definition) is 5. The number of benzene rings is 2. The average molecular weight is 535 g/mol. The van der Waals surface area contributed by atoms with Crippen LogP contribution in [0.15, 0.2) is 29.1 Å². The van der Waals surface area contributed by atoms with Crippen LogP contribution in [0.3, 0.4) is 0 Å². The number of rotatable bonds is 5. The number of ether oxygens (including phenoxy) is 2. The molecule has 39 heavy (non-hydrogen) atoms. The Kier molecular flexibility index (Phi) is 6.79. The molecule has 0 saturated carbocycles. The molecule has 2 aliphatic heterocycles. The number of fused-ring (bicyclic) bond motifs is 4. The minimum absolute atomic E-state index is 0.0731. The third-order valence-electron chi connectivity index (χ3n) is 8.29. The van der Waals surface area contributed by atoms with E-state index >= 15 is 4.39 Å². The highest BCUT2D eigenvalue weighted by Crippen LogP contribution is 2.41. The summed E-state index contributed by atoms with van der Waals surface area (Å²) in [7, 11) is 0. The minimum Gasteiger partial charge on any atom is -0.489 e. The first-order valence-corrected chi connectivity index (χ1v) is 14.3. The largest absolute Gasteiger partial charge is 0.489 e. The molecule has 0 radical (unpaired) electrons. The highest BCUT2D eigenvalue weighted by molar-refractivity contribution is 6.10. The monoisotopic (exact) mass is 534 g/mol. The summed E-state index contributed by atoms with van der Waals surface area (Å²) in [5.41, 5.74) is 3.29. The van der Waals surface area contributed by atoms with Crippen LogP contribution in [0.1, 0.15) is 52.1 Å². The van der Waals surface area contributed by atoms with E-state index in [4.69, 9.17) is 9.47 Å². The Morgan fingerprint density at radius 3 is 2.41 bits per heavy atom. The van der Waals surface area contributed by atoms with E-state index in [2.05, 4.69) is 14.8 Å². The number of nitrogens with one attached hydrogen (secondary N) is 1. The quantitative estimate of drug-likeness (QED) is 0.353. The van der Waals surface area contributed by atoms with Crippen molar-refractivity contribution < 1.29 is 13.9 Å². The first-order chi connectivity index (χ1) is 18.7. The van der Waals surface area contributed by atoms with Crippen LogP contribution in [0.2, 0.25) is 0 Å². The molecule has 7 nitrogen and oxygen atoms in total. The number of piperidine rings is 1. The fourth-order valence-electron chi connectivity index (χ4n) is 6.52. The Bertz CT molecular complexity index is 1590. The lowest BCUT2D eigenvalue weighted by atomic mass is 10.0. The van der Waals surface area contributed by atoms with E-state index in [0.29, 0.717) is 39.4 Å². The van der Waals surface area contributed by atoms with Crippen molar-refractivity contribution in [2.75, 3.05) is 44.3 Å². The molecule has 2 aromatic heterocycles. The van der Waals surface area contributed by atoms with Crippen LogP contribution in [0, 0.1) is 12.7 Å². The zero-order chi connectivity index (χ0) is 27.4. The summed E-state index contributed by atoms with van der Waals surface area (Å²) in [4.78, 5) is 22.1. The number of aryl methyl sites for hydroxylation is 1. The van der Waals surface area contributed by atoms with Crippen molar-refractivity contribution in [3.05, 3.63) is 45.9 Å². The van der Waals surface area contributed by atoms with E-state index in [0.717, 1.165) is 68.7 Å². The van der Waals surface area contributed by atoms with Gasteiger partial charge in [-0.1, -0.05) is 12.1 Å². The molecular formula is C31H39FN4O3. The number of hydrogen-bond donors (Lipinski definition) is 1. The third-order valence-corrected chi connectivity index (χ3v) is 8.29. The van der Waals surface area contributed by atoms with E-state index in [9.17, 15) is 4.79 Å². The Morgan fingerprint density at radius 2 is 1.74 bits per heavy atom. The smallest absolute Gasteiger partial charge is 0.199 e. The highest BCUT2D eigenvalue weighted by Gasteiger charge is 2.31. The van der Waals surface area contributed by atoms with E-state index in [1.807, 2.05) is 57.4 Å². The van der Waals surface area contributed by atoms with Gasteiger partial charge in [0.1, 0.15) is 17.1 Å². The Balaban J connectivity index is 1.54. The Labute approximate surface area is 228 Å². The summed E-state index contributed by atoms with van der Waals surface area (Å²) in [6.45, 7) is 14.9. The first-order valence-electron chi connectivity index (χ1n) is 14.3. The van der Waals surface area contributed by atoms with Gasteiger partial charge in [-0.25, -0.2) is 4.39 Å². The van der Waals surface area contributed by atoms with Gasteiger partial charge in [0, 0.05) is 49.2 Å². The van der Waals surface area contributed by atoms with Crippen molar-refractivity contribution in [3.63, 3.8) is 0 Å². The van der Waals surface area contributed by atoms with Gasteiger partial charge < -0.3 is 23.9 Å². The van der Waals surface area contributed by atoms with Crippen LogP contribution in [0.5, 0.6) is 5.75 Å². The first kappa shape index (κ1) is 26.1. The fourth-order valence-corrected chi connectivity index (χ4v) is 6.52. The Morgan fingerprint density at radius 1 is 1.03 bits per heavy atom. The molecule has 0 spiro atoms. The van der Waals surface area contributed by atoms with Gasteiger partial charge in [-0.2, -0.15) is 0 Å². The van der Waals surface area contributed by atoms with Crippen LogP contribution in [0.25, 0.3) is 32.8 Å². The number of anilines is 1. The number of pyridine rings is 1. The molecule has 2 aromatic carbocycles. The second-order valence-electron chi connectivity index (χ2n) is 11.7. The van der Waals surface area contributed by atoms with Crippen molar-refractivity contribution >= 4 is 38.5 Å². The lowest BCUT2D eigenvalue weighted by Crippen LogP contribution is -2.49. The number of halogens is 1. The second kappa shape index (κ2) is 10.1. The molecule has 2 aliphatic rings.